The van der Waals surface area contributed by atoms with Crippen LogP contribution in [0.25, 0.3) is 0 Å². The second kappa shape index (κ2) is 8.74. The highest BCUT2D eigenvalue weighted by Gasteiger charge is 1.92. The zero-order valence-electron chi connectivity index (χ0n) is 9.52. The lowest BCUT2D eigenvalue weighted by Gasteiger charge is -1.99. The predicted molar refractivity (Wildman–Crippen MR) is 61.0 cm³/mol. The van der Waals surface area contributed by atoms with Crippen LogP contribution in [0.1, 0.15) is 45.6 Å². The van der Waals surface area contributed by atoms with Crippen LogP contribution in [0.4, 0.5) is 4.39 Å². The van der Waals surface area contributed by atoms with Gasteiger partial charge in [0.1, 0.15) is 5.82 Å². The van der Waals surface area contributed by atoms with Gasteiger partial charge in [-0.05, 0) is 30.5 Å². The lowest BCUT2D eigenvalue weighted by atomic mass is 10.1. The van der Waals surface area contributed by atoms with Gasteiger partial charge < -0.3 is 0 Å². The summed E-state index contributed by atoms with van der Waals surface area (Å²) in [5, 5.41) is 0. The summed E-state index contributed by atoms with van der Waals surface area (Å²) >= 11 is 0. The second-order valence-corrected chi connectivity index (χ2v) is 3.08. The Balaban J connectivity index is 0.000000791. The number of hydrogen-bond acceptors (Lipinski definition) is 0. The van der Waals surface area contributed by atoms with E-state index >= 15 is 0 Å². The molecular weight excluding hydrogens is 175 g/mol. The summed E-state index contributed by atoms with van der Waals surface area (Å²) in [6, 6.07) is 6.79. The van der Waals surface area contributed by atoms with Gasteiger partial charge in [0.15, 0.2) is 0 Å². The Kier molecular flexibility index (Phi) is 8.20. The van der Waals surface area contributed by atoms with Gasteiger partial charge in [-0.2, -0.15) is 0 Å². The molecule has 0 atom stereocenters. The molecule has 1 heteroatoms. The molecule has 0 aliphatic heterocycles. The maximum Gasteiger partial charge on any atom is 0.123 e. The van der Waals surface area contributed by atoms with Gasteiger partial charge in [-0.3, -0.25) is 0 Å². The second-order valence-electron chi connectivity index (χ2n) is 3.08. The minimum absolute atomic E-state index is 0.144. The van der Waals surface area contributed by atoms with Crippen LogP contribution in [0.5, 0.6) is 0 Å². The molecule has 0 saturated heterocycles. The third-order valence-corrected chi connectivity index (χ3v) is 1.98. The summed E-state index contributed by atoms with van der Waals surface area (Å²) in [7, 11) is 0. The van der Waals surface area contributed by atoms with E-state index < -0.39 is 0 Å². The molecule has 0 N–H and O–H groups in total. The highest BCUT2D eigenvalue weighted by molar-refractivity contribution is 5.15. The van der Waals surface area contributed by atoms with Crippen LogP contribution in [0, 0.1) is 5.82 Å². The SMILES string of the molecule is CC.CCCCCc1ccc(F)cc1. The Bertz CT molecular complexity index is 213. The summed E-state index contributed by atoms with van der Waals surface area (Å²) < 4.78 is 12.5. The molecule has 14 heavy (non-hydrogen) atoms. The van der Waals surface area contributed by atoms with E-state index in [4.69, 9.17) is 0 Å². The number of benzene rings is 1. The smallest absolute Gasteiger partial charge is 0.123 e. The van der Waals surface area contributed by atoms with Gasteiger partial charge in [0.05, 0.1) is 0 Å². The van der Waals surface area contributed by atoms with Crippen molar-refractivity contribution in [3.05, 3.63) is 35.6 Å². The van der Waals surface area contributed by atoms with Crippen LogP contribution in [-0.2, 0) is 6.42 Å². The van der Waals surface area contributed by atoms with Crippen LogP contribution in [0.3, 0.4) is 0 Å². The maximum absolute atomic E-state index is 12.5. The number of rotatable bonds is 4. The summed E-state index contributed by atoms with van der Waals surface area (Å²) in [6.07, 6.45) is 4.79. The molecule has 1 aromatic rings. The Morgan fingerprint density at radius 3 is 2.07 bits per heavy atom. The Hall–Kier alpha value is -0.850. The normalized spacial score (nSPS) is 9.14. The number of aryl methyl sites for hydroxylation is 1. The standard InChI is InChI=1S/C11H15F.C2H6/c1-2-3-4-5-10-6-8-11(12)9-7-10;1-2/h6-9H,2-5H2,1H3;1-2H3. The molecule has 0 amide bonds. The van der Waals surface area contributed by atoms with E-state index in [1.165, 1.54) is 37.0 Å². The van der Waals surface area contributed by atoms with Crippen molar-refractivity contribution in [2.75, 3.05) is 0 Å². The number of halogens is 1. The van der Waals surface area contributed by atoms with E-state index in [0.29, 0.717) is 0 Å². The fourth-order valence-electron chi connectivity index (χ4n) is 1.23. The van der Waals surface area contributed by atoms with Crippen molar-refractivity contribution in [2.45, 2.75) is 46.5 Å². The maximum atomic E-state index is 12.5. The van der Waals surface area contributed by atoms with E-state index in [-0.39, 0.29) is 5.82 Å². The van der Waals surface area contributed by atoms with Crippen molar-refractivity contribution < 1.29 is 4.39 Å². The number of unbranched alkanes of at least 4 members (excludes halogenated alkanes) is 2. The average molecular weight is 196 g/mol. The molecule has 0 nitrogen and oxygen atoms in total. The molecule has 0 aromatic heterocycles. The molecule has 1 rings (SSSR count). The molecule has 0 heterocycles. The van der Waals surface area contributed by atoms with Crippen molar-refractivity contribution in [3.8, 4) is 0 Å². The minimum atomic E-state index is -0.144. The first-order chi connectivity index (χ1) is 6.83. The summed E-state index contributed by atoms with van der Waals surface area (Å²) in [4.78, 5) is 0. The van der Waals surface area contributed by atoms with Gasteiger partial charge in [-0.15, -0.1) is 0 Å². The minimum Gasteiger partial charge on any atom is -0.207 e. The molecule has 0 fully saturated rings. The van der Waals surface area contributed by atoms with Gasteiger partial charge in [-0.1, -0.05) is 45.7 Å². The lowest BCUT2D eigenvalue weighted by molar-refractivity contribution is 0.626. The highest BCUT2D eigenvalue weighted by Crippen LogP contribution is 2.07. The molecule has 1 aromatic carbocycles. The molecule has 0 spiro atoms. The van der Waals surface area contributed by atoms with Gasteiger partial charge in [0, 0.05) is 0 Å². The third-order valence-electron chi connectivity index (χ3n) is 1.98. The van der Waals surface area contributed by atoms with Crippen LogP contribution < -0.4 is 0 Å². The van der Waals surface area contributed by atoms with E-state index in [1.807, 2.05) is 26.0 Å². The zero-order valence-corrected chi connectivity index (χ0v) is 9.52. The Morgan fingerprint density at radius 1 is 1.00 bits per heavy atom. The van der Waals surface area contributed by atoms with Gasteiger partial charge in [0.2, 0.25) is 0 Å². The molecule has 0 unspecified atom stereocenters. The first-order valence-electron chi connectivity index (χ1n) is 5.57. The first kappa shape index (κ1) is 13.2. The van der Waals surface area contributed by atoms with Gasteiger partial charge in [-0.25, -0.2) is 4.39 Å². The predicted octanol–water partition coefficient (Wildman–Crippen LogP) is 4.58. The molecule has 0 aliphatic carbocycles. The largest absolute Gasteiger partial charge is 0.207 e. The quantitative estimate of drug-likeness (QED) is 0.618. The summed E-state index contributed by atoms with van der Waals surface area (Å²) in [6.45, 7) is 6.19. The third kappa shape index (κ3) is 5.74. The van der Waals surface area contributed by atoms with Crippen molar-refractivity contribution >= 4 is 0 Å². The van der Waals surface area contributed by atoms with E-state index in [9.17, 15) is 4.39 Å². The fraction of sp³-hybridized carbons (Fsp3) is 0.538. The van der Waals surface area contributed by atoms with Crippen LogP contribution in [0.2, 0.25) is 0 Å². The molecule has 0 radical (unpaired) electrons. The summed E-state index contributed by atoms with van der Waals surface area (Å²) in [5.74, 6) is -0.144. The topological polar surface area (TPSA) is 0 Å². The van der Waals surface area contributed by atoms with Crippen LogP contribution in [0.15, 0.2) is 24.3 Å². The molecule has 0 aliphatic rings. The van der Waals surface area contributed by atoms with Crippen molar-refractivity contribution in [1.29, 1.82) is 0 Å². The molecular formula is C13H21F. The highest BCUT2D eigenvalue weighted by atomic mass is 19.1. The van der Waals surface area contributed by atoms with Gasteiger partial charge in [0.25, 0.3) is 0 Å². The first-order valence-corrected chi connectivity index (χ1v) is 5.57. The lowest BCUT2D eigenvalue weighted by Crippen LogP contribution is -1.85. The summed E-state index contributed by atoms with van der Waals surface area (Å²) in [5.41, 5.74) is 1.24. The molecule has 80 valence electrons. The van der Waals surface area contributed by atoms with Crippen LogP contribution in [-0.4, -0.2) is 0 Å². The van der Waals surface area contributed by atoms with Crippen molar-refractivity contribution in [1.82, 2.24) is 0 Å². The van der Waals surface area contributed by atoms with E-state index in [0.717, 1.165) is 6.42 Å². The van der Waals surface area contributed by atoms with Crippen molar-refractivity contribution in [2.24, 2.45) is 0 Å². The van der Waals surface area contributed by atoms with Crippen molar-refractivity contribution in [3.63, 3.8) is 0 Å². The monoisotopic (exact) mass is 196 g/mol. The van der Waals surface area contributed by atoms with E-state index in [1.54, 1.807) is 0 Å². The van der Waals surface area contributed by atoms with E-state index in [2.05, 4.69) is 6.92 Å². The van der Waals surface area contributed by atoms with Gasteiger partial charge >= 0.3 is 0 Å². The fourth-order valence-corrected chi connectivity index (χ4v) is 1.23. The Labute approximate surface area is 87.2 Å². The van der Waals surface area contributed by atoms with Crippen LogP contribution >= 0.6 is 0 Å². The zero-order chi connectivity index (χ0) is 10.8. The Morgan fingerprint density at radius 2 is 1.57 bits per heavy atom. The average Bonchev–Trinajstić information content (AvgIpc) is 2.24. The molecule has 0 bridgehead atoms. The molecule has 0 saturated carbocycles. The number of hydrogen-bond donors (Lipinski definition) is 0.